The molecular formula is C16H22ClNO4. The fourth-order valence-electron chi connectivity index (χ4n) is 2.37. The molecule has 0 aliphatic carbocycles. The lowest BCUT2D eigenvalue weighted by atomic mass is 10.0. The van der Waals surface area contributed by atoms with E-state index in [-0.39, 0.29) is 0 Å². The van der Waals surface area contributed by atoms with Crippen LogP contribution >= 0.6 is 11.6 Å². The third-order valence-corrected chi connectivity index (χ3v) is 3.70. The minimum absolute atomic E-state index is 0.306. The summed E-state index contributed by atoms with van der Waals surface area (Å²) in [4.78, 5) is 11.3. The lowest BCUT2D eigenvalue weighted by molar-refractivity contribution is -0.140. The van der Waals surface area contributed by atoms with Crippen LogP contribution in [0.1, 0.15) is 32.3 Å². The molecule has 1 aliphatic rings. The normalized spacial score (nSPS) is 15.5. The zero-order valence-corrected chi connectivity index (χ0v) is 13.7. The number of carboxylic acids is 1. The van der Waals surface area contributed by atoms with Gasteiger partial charge in [-0.25, -0.2) is 0 Å². The molecule has 122 valence electrons. The number of benzene rings is 1. The van der Waals surface area contributed by atoms with Gasteiger partial charge in [-0.15, -0.1) is 0 Å². The summed E-state index contributed by atoms with van der Waals surface area (Å²) >= 11 is 6.23. The summed E-state index contributed by atoms with van der Waals surface area (Å²) in [6.45, 7) is 5.59. The minimum atomic E-state index is -0.839. The van der Waals surface area contributed by atoms with Gasteiger partial charge in [0, 0.05) is 13.0 Å². The molecule has 0 unspecified atom stereocenters. The molecule has 2 rings (SSSR count). The lowest BCUT2D eigenvalue weighted by Gasteiger charge is -2.17. The fraction of sp³-hybridized carbons (Fsp3) is 0.562. The summed E-state index contributed by atoms with van der Waals surface area (Å²) in [5, 5.41) is 12.8. The van der Waals surface area contributed by atoms with Gasteiger partial charge in [0.25, 0.3) is 0 Å². The smallest absolute Gasteiger partial charge is 0.320 e. The molecule has 0 amide bonds. The Bertz CT molecular complexity index is 533. The summed E-state index contributed by atoms with van der Waals surface area (Å²) in [5.41, 5.74) is 0.879. The van der Waals surface area contributed by atoms with Crippen molar-refractivity contribution in [1.29, 1.82) is 0 Å². The van der Waals surface area contributed by atoms with Crippen molar-refractivity contribution in [3.8, 4) is 11.5 Å². The highest BCUT2D eigenvalue weighted by Crippen LogP contribution is 2.37. The van der Waals surface area contributed by atoms with Crippen LogP contribution in [0.5, 0.6) is 11.5 Å². The van der Waals surface area contributed by atoms with Crippen molar-refractivity contribution in [1.82, 2.24) is 5.32 Å². The van der Waals surface area contributed by atoms with Gasteiger partial charge in [0.15, 0.2) is 11.5 Å². The molecule has 2 N–H and O–H groups in total. The number of hydrogen-bond acceptors (Lipinski definition) is 4. The predicted molar refractivity (Wildman–Crippen MR) is 84.8 cm³/mol. The maximum Gasteiger partial charge on any atom is 0.320 e. The first kappa shape index (κ1) is 16.9. The number of carboxylic acid groups (broad SMARTS) is 1. The maximum atomic E-state index is 11.3. The molecule has 0 aromatic heterocycles. The van der Waals surface area contributed by atoms with Crippen molar-refractivity contribution in [2.24, 2.45) is 5.92 Å². The van der Waals surface area contributed by atoms with Crippen LogP contribution in [0.2, 0.25) is 5.02 Å². The largest absolute Gasteiger partial charge is 0.489 e. The van der Waals surface area contributed by atoms with Gasteiger partial charge in [-0.1, -0.05) is 25.4 Å². The number of fused-ring (bicyclic) bond motifs is 1. The van der Waals surface area contributed by atoms with Crippen LogP contribution in [0.3, 0.4) is 0 Å². The molecule has 1 aliphatic heterocycles. The van der Waals surface area contributed by atoms with Crippen molar-refractivity contribution in [3.05, 3.63) is 22.7 Å². The zero-order valence-electron chi connectivity index (χ0n) is 12.9. The van der Waals surface area contributed by atoms with Crippen LogP contribution in [0.15, 0.2) is 12.1 Å². The Hall–Kier alpha value is -1.46. The Balaban J connectivity index is 2.08. The molecule has 6 heteroatoms. The van der Waals surface area contributed by atoms with Crippen molar-refractivity contribution in [2.75, 3.05) is 13.2 Å². The van der Waals surface area contributed by atoms with E-state index in [0.29, 0.717) is 48.6 Å². The Morgan fingerprint density at radius 2 is 2.09 bits per heavy atom. The summed E-state index contributed by atoms with van der Waals surface area (Å²) in [6, 6.07) is 3.07. The van der Waals surface area contributed by atoms with Gasteiger partial charge < -0.3 is 19.9 Å². The fourth-order valence-corrected chi connectivity index (χ4v) is 2.66. The van der Waals surface area contributed by atoms with E-state index in [4.69, 9.17) is 21.1 Å². The van der Waals surface area contributed by atoms with Gasteiger partial charge in [-0.3, -0.25) is 4.79 Å². The van der Waals surface area contributed by atoms with E-state index in [2.05, 4.69) is 5.32 Å². The first-order valence-corrected chi connectivity index (χ1v) is 7.89. The molecule has 0 radical (unpaired) electrons. The number of rotatable bonds is 6. The second kappa shape index (κ2) is 7.70. The van der Waals surface area contributed by atoms with Gasteiger partial charge >= 0.3 is 5.97 Å². The molecular weight excluding hydrogens is 306 g/mol. The summed E-state index contributed by atoms with van der Waals surface area (Å²) in [6.07, 6.45) is 1.39. The Labute approximate surface area is 135 Å². The molecule has 1 aromatic rings. The minimum Gasteiger partial charge on any atom is -0.489 e. The molecule has 22 heavy (non-hydrogen) atoms. The van der Waals surface area contributed by atoms with Crippen LogP contribution < -0.4 is 14.8 Å². The molecule has 0 saturated carbocycles. The molecule has 1 atom stereocenters. The van der Waals surface area contributed by atoms with Crippen LogP contribution in [-0.2, 0) is 11.3 Å². The van der Waals surface area contributed by atoms with Gasteiger partial charge in [-0.2, -0.15) is 0 Å². The number of hydrogen-bond donors (Lipinski definition) is 2. The number of nitrogens with one attached hydrogen (secondary N) is 1. The van der Waals surface area contributed by atoms with E-state index in [0.717, 1.165) is 12.0 Å². The van der Waals surface area contributed by atoms with Gasteiger partial charge in [0.2, 0.25) is 0 Å². The number of carbonyl (C=O) groups is 1. The van der Waals surface area contributed by atoms with Crippen molar-refractivity contribution >= 4 is 17.6 Å². The Kier molecular flexibility index (Phi) is 5.91. The second-order valence-electron chi connectivity index (χ2n) is 5.86. The van der Waals surface area contributed by atoms with E-state index in [1.807, 2.05) is 19.9 Å². The van der Waals surface area contributed by atoms with Crippen molar-refractivity contribution < 1.29 is 19.4 Å². The predicted octanol–water partition coefficient (Wildman–Crippen LogP) is 3.09. The van der Waals surface area contributed by atoms with Crippen LogP contribution in [0, 0.1) is 5.92 Å². The van der Waals surface area contributed by atoms with Gasteiger partial charge in [-0.05, 0) is 30.0 Å². The molecule has 0 saturated heterocycles. The van der Waals surface area contributed by atoms with E-state index in [9.17, 15) is 9.90 Å². The van der Waals surface area contributed by atoms with E-state index in [1.54, 1.807) is 6.07 Å². The molecule has 0 fully saturated rings. The number of halogens is 1. The first-order valence-electron chi connectivity index (χ1n) is 7.51. The third-order valence-electron chi connectivity index (χ3n) is 3.42. The van der Waals surface area contributed by atoms with E-state index >= 15 is 0 Å². The average Bonchev–Trinajstić information content (AvgIpc) is 2.68. The van der Waals surface area contributed by atoms with E-state index in [1.165, 1.54) is 0 Å². The van der Waals surface area contributed by atoms with Gasteiger partial charge in [0.1, 0.15) is 6.04 Å². The molecule has 0 spiro atoms. The maximum absolute atomic E-state index is 11.3. The molecule has 0 bridgehead atoms. The van der Waals surface area contributed by atoms with Crippen LogP contribution in [-0.4, -0.2) is 30.3 Å². The first-order chi connectivity index (χ1) is 10.5. The standard InChI is InChI=1S/C16H22ClNO4/c1-10(2)6-13(16(19)20)18-9-11-7-12(17)15-14(8-11)21-4-3-5-22-15/h7-8,10,13,18H,3-6,9H2,1-2H3,(H,19,20)/t13-/m0/s1. The number of aliphatic carboxylic acids is 1. The lowest BCUT2D eigenvalue weighted by Crippen LogP contribution is -2.37. The van der Waals surface area contributed by atoms with Crippen molar-refractivity contribution in [2.45, 2.75) is 39.3 Å². The average molecular weight is 328 g/mol. The highest BCUT2D eigenvalue weighted by Gasteiger charge is 2.20. The molecule has 5 nitrogen and oxygen atoms in total. The second-order valence-corrected chi connectivity index (χ2v) is 6.26. The van der Waals surface area contributed by atoms with E-state index < -0.39 is 12.0 Å². The molecule has 1 heterocycles. The summed E-state index contributed by atoms with van der Waals surface area (Å²) < 4.78 is 11.2. The Morgan fingerprint density at radius 1 is 1.36 bits per heavy atom. The topological polar surface area (TPSA) is 67.8 Å². The quantitative estimate of drug-likeness (QED) is 0.840. The van der Waals surface area contributed by atoms with Gasteiger partial charge in [0.05, 0.1) is 18.2 Å². The summed E-state index contributed by atoms with van der Waals surface area (Å²) in [5.74, 6) is 0.660. The third kappa shape index (κ3) is 4.52. The zero-order chi connectivity index (χ0) is 16.1. The Morgan fingerprint density at radius 3 is 2.77 bits per heavy atom. The SMILES string of the molecule is CC(C)C[C@H](NCc1cc(Cl)c2c(c1)OCCCO2)C(=O)O. The summed E-state index contributed by atoms with van der Waals surface area (Å²) in [7, 11) is 0. The number of ether oxygens (including phenoxy) is 2. The van der Waals surface area contributed by atoms with Crippen LogP contribution in [0.4, 0.5) is 0 Å². The molecule has 1 aromatic carbocycles. The highest BCUT2D eigenvalue weighted by atomic mass is 35.5. The highest BCUT2D eigenvalue weighted by molar-refractivity contribution is 6.32. The monoisotopic (exact) mass is 327 g/mol. The van der Waals surface area contributed by atoms with Crippen molar-refractivity contribution in [3.63, 3.8) is 0 Å². The van der Waals surface area contributed by atoms with Crippen LogP contribution in [0.25, 0.3) is 0 Å².